The number of rotatable bonds is 11. The molecule has 36 heavy (non-hydrogen) atoms. The van der Waals surface area contributed by atoms with Crippen molar-refractivity contribution in [1.29, 1.82) is 0 Å². The van der Waals surface area contributed by atoms with Gasteiger partial charge in [0.05, 0.1) is 31.9 Å². The molecule has 0 aliphatic rings. The minimum absolute atomic E-state index is 0.0340. The number of amides is 1. The largest absolute Gasteiger partial charge is 0.495 e. The van der Waals surface area contributed by atoms with Crippen molar-refractivity contribution in [3.05, 3.63) is 77.3 Å². The highest BCUT2D eigenvalue weighted by Crippen LogP contribution is 2.37. The van der Waals surface area contributed by atoms with E-state index in [1.165, 1.54) is 45.6 Å². The Balaban J connectivity index is 1.96. The molecule has 0 saturated heterocycles. The minimum Gasteiger partial charge on any atom is -0.495 e. The summed E-state index contributed by atoms with van der Waals surface area (Å²) in [5, 5.41) is 3.12. The zero-order chi connectivity index (χ0) is 26.3. The number of carbonyl (C=O) groups is 1. The first kappa shape index (κ1) is 27.2. The molecule has 3 aromatic rings. The van der Waals surface area contributed by atoms with Gasteiger partial charge in [0.25, 0.3) is 10.0 Å². The molecule has 1 atom stereocenters. The summed E-state index contributed by atoms with van der Waals surface area (Å²) in [6, 6.07) is 18.5. The predicted molar refractivity (Wildman–Crippen MR) is 140 cm³/mol. The molecule has 1 amide bonds. The SMILES string of the molecule is COc1ccc(S(=O)(=O)N(CC(=O)NCC(C)c2ccccc2)c2cc(Cl)ccc2OC)cc1OC. The molecular formula is C26H29ClN2O6S. The van der Waals surface area contributed by atoms with Gasteiger partial charge in [-0.2, -0.15) is 0 Å². The number of nitrogens with one attached hydrogen (secondary N) is 1. The number of methoxy groups -OCH3 is 3. The van der Waals surface area contributed by atoms with Gasteiger partial charge in [0, 0.05) is 17.6 Å². The van der Waals surface area contributed by atoms with Crippen LogP contribution in [0.25, 0.3) is 0 Å². The lowest BCUT2D eigenvalue weighted by Gasteiger charge is -2.26. The Morgan fingerprint density at radius 3 is 2.19 bits per heavy atom. The van der Waals surface area contributed by atoms with Crippen molar-refractivity contribution in [2.75, 3.05) is 38.7 Å². The zero-order valence-corrected chi connectivity index (χ0v) is 22.1. The first-order valence-electron chi connectivity index (χ1n) is 11.1. The van der Waals surface area contributed by atoms with Crippen LogP contribution in [0.15, 0.2) is 71.6 Å². The van der Waals surface area contributed by atoms with E-state index in [2.05, 4.69) is 5.32 Å². The van der Waals surface area contributed by atoms with E-state index in [9.17, 15) is 13.2 Å². The van der Waals surface area contributed by atoms with Crippen LogP contribution in [0.5, 0.6) is 17.2 Å². The summed E-state index contributed by atoms with van der Waals surface area (Å²) in [6.45, 7) is 1.82. The fourth-order valence-corrected chi connectivity index (χ4v) is 5.22. The first-order chi connectivity index (χ1) is 17.2. The van der Waals surface area contributed by atoms with E-state index in [-0.39, 0.29) is 33.0 Å². The molecule has 10 heteroatoms. The van der Waals surface area contributed by atoms with Crippen LogP contribution in [0, 0.1) is 0 Å². The predicted octanol–water partition coefficient (Wildman–Crippen LogP) is 4.48. The van der Waals surface area contributed by atoms with Crippen molar-refractivity contribution in [3.63, 3.8) is 0 Å². The lowest BCUT2D eigenvalue weighted by atomic mass is 10.0. The van der Waals surface area contributed by atoms with Crippen LogP contribution in [0.2, 0.25) is 5.02 Å². The summed E-state index contributed by atoms with van der Waals surface area (Å²) in [6.07, 6.45) is 0. The highest BCUT2D eigenvalue weighted by molar-refractivity contribution is 7.92. The summed E-state index contributed by atoms with van der Waals surface area (Å²) in [4.78, 5) is 12.9. The molecule has 3 rings (SSSR count). The number of ether oxygens (including phenoxy) is 3. The maximum Gasteiger partial charge on any atom is 0.265 e. The lowest BCUT2D eigenvalue weighted by molar-refractivity contribution is -0.119. The van der Waals surface area contributed by atoms with Gasteiger partial charge in [-0.3, -0.25) is 9.10 Å². The molecule has 0 aromatic heterocycles. The van der Waals surface area contributed by atoms with E-state index < -0.39 is 22.5 Å². The molecule has 8 nitrogen and oxygen atoms in total. The number of hydrogen-bond acceptors (Lipinski definition) is 6. The smallest absolute Gasteiger partial charge is 0.265 e. The summed E-state index contributed by atoms with van der Waals surface area (Å²) in [5.41, 5.74) is 1.19. The van der Waals surface area contributed by atoms with Gasteiger partial charge < -0.3 is 19.5 Å². The van der Waals surface area contributed by atoms with Crippen LogP contribution in [-0.2, 0) is 14.8 Å². The summed E-state index contributed by atoms with van der Waals surface area (Å²) in [7, 11) is 0.0281. The summed E-state index contributed by atoms with van der Waals surface area (Å²) < 4.78 is 44.5. The fourth-order valence-electron chi connectivity index (χ4n) is 3.61. The number of benzene rings is 3. The number of halogens is 1. The van der Waals surface area contributed by atoms with E-state index in [1.54, 1.807) is 12.1 Å². The van der Waals surface area contributed by atoms with Gasteiger partial charge in [0.1, 0.15) is 12.3 Å². The molecule has 0 aliphatic heterocycles. The van der Waals surface area contributed by atoms with Crippen molar-refractivity contribution < 1.29 is 27.4 Å². The Kier molecular flexibility index (Phi) is 9.06. The molecule has 1 unspecified atom stereocenters. The molecule has 0 aliphatic carbocycles. The zero-order valence-electron chi connectivity index (χ0n) is 20.5. The average Bonchev–Trinajstić information content (AvgIpc) is 2.90. The van der Waals surface area contributed by atoms with Gasteiger partial charge in [-0.25, -0.2) is 8.42 Å². The van der Waals surface area contributed by atoms with Gasteiger partial charge in [-0.15, -0.1) is 0 Å². The van der Waals surface area contributed by atoms with Gasteiger partial charge in [0.2, 0.25) is 5.91 Å². The molecule has 3 aromatic carbocycles. The van der Waals surface area contributed by atoms with Gasteiger partial charge in [-0.05, 0) is 41.8 Å². The molecule has 1 N–H and O–H groups in total. The van der Waals surface area contributed by atoms with Crippen LogP contribution in [0.1, 0.15) is 18.4 Å². The molecular weight excluding hydrogens is 504 g/mol. The standard InChI is InChI=1S/C26H29ClN2O6S/c1-18(19-8-6-5-7-9-19)16-28-26(30)17-29(22-14-20(27)10-12-23(22)33-2)36(31,32)21-11-13-24(34-3)25(15-21)35-4/h5-15,18H,16-17H2,1-4H3,(H,28,30). The van der Waals surface area contributed by atoms with Crippen molar-refractivity contribution >= 4 is 33.2 Å². The second-order valence-electron chi connectivity index (χ2n) is 7.96. The maximum atomic E-state index is 13.8. The van der Waals surface area contributed by atoms with Crippen LogP contribution in [-0.4, -0.2) is 48.7 Å². The highest BCUT2D eigenvalue weighted by atomic mass is 35.5. The van der Waals surface area contributed by atoms with E-state index in [0.29, 0.717) is 12.3 Å². The summed E-state index contributed by atoms with van der Waals surface area (Å²) in [5.74, 6) is 0.401. The molecule has 0 saturated carbocycles. The number of nitrogens with zero attached hydrogens (tertiary/aromatic N) is 1. The fraction of sp³-hybridized carbons (Fsp3) is 0.269. The molecule has 0 radical (unpaired) electrons. The van der Waals surface area contributed by atoms with Crippen molar-refractivity contribution in [1.82, 2.24) is 5.32 Å². The van der Waals surface area contributed by atoms with Crippen LogP contribution < -0.4 is 23.8 Å². The second kappa shape index (κ2) is 12.0. The summed E-state index contributed by atoms with van der Waals surface area (Å²) >= 11 is 6.19. The lowest BCUT2D eigenvalue weighted by Crippen LogP contribution is -2.42. The van der Waals surface area contributed by atoms with Crippen LogP contribution in [0.4, 0.5) is 5.69 Å². The number of anilines is 1. The molecule has 0 fully saturated rings. The molecule has 0 heterocycles. The Hall–Kier alpha value is -3.43. The van der Waals surface area contributed by atoms with Gasteiger partial charge in [-0.1, -0.05) is 48.9 Å². The van der Waals surface area contributed by atoms with Gasteiger partial charge in [0.15, 0.2) is 11.5 Å². The molecule has 0 bridgehead atoms. The van der Waals surface area contributed by atoms with E-state index >= 15 is 0 Å². The first-order valence-corrected chi connectivity index (χ1v) is 12.9. The number of hydrogen-bond donors (Lipinski definition) is 1. The van der Waals surface area contributed by atoms with E-state index in [4.69, 9.17) is 25.8 Å². The Bertz CT molecular complexity index is 1300. The Labute approximate surface area is 216 Å². The van der Waals surface area contributed by atoms with Crippen molar-refractivity contribution in [2.45, 2.75) is 17.7 Å². The van der Waals surface area contributed by atoms with Crippen LogP contribution >= 0.6 is 11.6 Å². The Morgan fingerprint density at radius 1 is 0.917 bits per heavy atom. The second-order valence-corrected chi connectivity index (χ2v) is 10.3. The average molecular weight is 533 g/mol. The quantitative estimate of drug-likeness (QED) is 0.391. The molecule has 192 valence electrons. The van der Waals surface area contributed by atoms with Gasteiger partial charge >= 0.3 is 0 Å². The number of sulfonamides is 1. The maximum absolute atomic E-state index is 13.8. The Morgan fingerprint density at radius 2 is 1.56 bits per heavy atom. The monoisotopic (exact) mass is 532 g/mol. The van der Waals surface area contributed by atoms with Crippen molar-refractivity contribution in [3.8, 4) is 17.2 Å². The third-order valence-corrected chi connectivity index (χ3v) is 7.60. The molecule has 0 spiro atoms. The van der Waals surface area contributed by atoms with E-state index in [0.717, 1.165) is 9.87 Å². The van der Waals surface area contributed by atoms with Crippen molar-refractivity contribution in [2.24, 2.45) is 0 Å². The minimum atomic E-state index is -4.25. The van der Waals surface area contributed by atoms with Crippen LogP contribution in [0.3, 0.4) is 0 Å². The normalized spacial score (nSPS) is 11.9. The van der Waals surface area contributed by atoms with E-state index in [1.807, 2.05) is 37.3 Å². The topological polar surface area (TPSA) is 94.2 Å². The highest BCUT2D eigenvalue weighted by Gasteiger charge is 2.30. The third kappa shape index (κ3) is 6.22. The third-order valence-electron chi connectivity index (χ3n) is 5.61. The number of carbonyl (C=O) groups excluding carboxylic acids is 1.